The standard InChI is InChI=1S/C21H23O.C2H6Si.2ClH.Zr/c1-14-11-16-13-18(21(2,3)4)20(22-5)19(17(16)12-14)15-9-7-6-8-10-15;1-3-2;;;/h6-13H,1-5H3;1-2H3;2*1H;/q-1;;;;+2/p-2. The number of methoxy groups -OCH3 is 1. The van der Waals surface area contributed by atoms with Gasteiger partial charge in [0, 0.05) is 9.52 Å². The average Bonchev–Trinajstić information content (AvgIpc) is 3.01. The van der Waals surface area contributed by atoms with Gasteiger partial charge >= 0.3 is 37.9 Å². The van der Waals surface area contributed by atoms with Crippen molar-refractivity contribution in [2.24, 2.45) is 0 Å². The van der Waals surface area contributed by atoms with Crippen molar-refractivity contribution in [2.75, 3.05) is 7.11 Å². The predicted octanol–water partition coefficient (Wildman–Crippen LogP) is 8.00. The summed E-state index contributed by atoms with van der Waals surface area (Å²) in [4.78, 5) is 0. The Hall–Kier alpha value is -0.470. The molecule has 28 heavy (non-hydrogen) atoms. The molecule has 1 nitrogen and oxygen atoms in total. The van der Waals surface area contributed by atoms with Crippen LogP contribution in [0.15, 0.2) is 48.5 Å². The number of fused-ring (bicyclic) bond motifs is 1. The van der Waals surface area contributed by atoms with E-state index in [0.717, 1.165) is 15.3 Å². The van der Waals surface area contributed by atoms with Crippen molar-refractivity contribution in [1.29, 1.82) is 0 Å². The van der Waals surface area contributed by atoms with Crippen LogP contribution >= 0.6 is 17.0 Å². The zero-order chi connectivity index (χ0) is 21.3. The first kappa shape index (κ1) is 25.6. The van der Waals surface area contributed by atoms with Crippen molar-refractivity contribution >= 4 is 37.3 Å². The minimum atomic E-state index is -0.826. The Labute approximate surface area is 191 Å². The average molecular weight is 512 g/mol. The van der Waals surface area contributed by atoms with Crippen molar-refractivity contribution in [3.05, 3.63) is 59.7 Å². The van der Waals surface area contributed by atoms with Crippen LogP contribution in [0.5, 0.6) is 5.75 Å². The summed E-state index contributed by atoms with van der Waals surface area (Å²) in [5.74, 6) is 0.997. The van der Waals surface area contributed by atoms with Crippen molar-refractivity contribution in [2.45, 2.75) is 46.2 Å². The van der Waals surface area contributed by atoms with Crippen LogP contribution in [0.3, 0.4) is 0 Å². The van der Waals surface area contributed by atoms with E-state index in [-0.39, 0.29) is 5.41 Å². The van der Waals surface area contributed by atoms with Gasteiger partial charge in [-0.15, -0.1) is 28.5 Å². The SMILES string of the molecule is COc1c(C(C)(C)C)cc2[cH-]c(C)cc2c1-c1ccccc1.C[Si]C.[Cl][Zr][Cl]. The third-order valence-corrected chi connectivity index (χ3v) is 4.18. The van der Waals surface area contributed by atoms with Crippen molar-refractivity contribution in [3.63, 3.8) is 0 Å². The Bertz CT molecular complexity index is 852. The summed E-state index contributed by atoms with van der Waals surface area (Å²) in [6.45, 7) is 13.2. The van der Waals surface area contributed by atoms with E-state index in [1.165, 1.54) is 33.0 Å². The molecular formula is C23H29Cl2OSiZr-. The van der Waals surface area contributed by atoms with Gasteiger partial charge in [0.15, 0.2) is 0 Å². The molecule has 3 rings (SSSR count). The summed E-state index contributed by atoms with van der Waals surface area (Å²) in [5, 5.41) is 2.57. The van der Waals surface area contributed by atoms with Gasteiger partial charge in [0.2, 0.25) is 0 Å². The first-order chi connectivity index (χ1) is 13.2. The fourth-order valence-corrected chi connectivity index (χ4v) is 3.15. The number of rotatable bonds is 2. The number of halogens is 2. The molecule has 0 unspecified atom stereocenters. The van der Waals surface area contributed by atoms with E-state index in [4.69, 9.17) is 21.8 Å². The van der Waals surface area contributed by atoms with Gasteiger partial charge in [-0.1, -0.05) is 71.1 Å². The Morgan fingerprint density at radius 2 is 1.57 bits per heavy atom. The first-order valence-electron chi connectivity index (χ1n) is 9.13. The van der Waals surface area contributed by atoms with Crippen molar-refractivity contribution in [3.8, 4) is 16.9 Å². The van der Waals surface area contributed by atoms with Crippen LogP contribution in [-0.4, -0.2) is 16.6 Å². The van der Waals surface area contributed by atoms with E-state index < -0.39 is 20.8 Å². The maximum atomic E-state index is 5.87. The molecule has 0 aliphatic rings. The maximum absolute atomic E-state index is 5.87. The van der Waals surface area contributed by atoms with Crippen LogP contribution < -0.4 is 4.74 Å². The van der Waals surface area contributed by atoms with Gasteiger partial charge in [-0.2, -0.15) is 6.07 Å². The second-order valence-electron chi connectivity index (χ2n) is 7.56. The molecule has 5 heteroatoms. The quantitative estimate of drug-likeness (QED) is 0.250. The third kappa shape index (κ3) is 6.80. The van der Waals surface area contributed by atoms with E-state index in [0.29, 0.717) is 0 Å². The minimum absolute atomic E-state index is 0.0360. The summed E-state index contributed by atoms with van der Waals surface area (Å²) in [5.41, 5.74) is 5.00. The molecule has 0 spiro atoms. The molecule has 0 heterocycles. The van der Waals surface area contributed by atoms with Gasteiger partial charge < -0.3 is 4.74 Å². The molecule has 0 bridgehead atoms. The van der Waals surface area contributed by atoms with Crippen LogP contribution in [0.4, 0.5) is 0 Å². The fourth-order valence-electron chi connectivity index (χ4n) is 3.15. The second-order valence-corrected chi connectivity index (χ2v) is 12.3. The Morgan fingerprint density at radius 3 is 2.04 bits per heavy atom. The Balaban J connectivity index is 0.000000582. The topological polar surface area (TPSA) is 9.23 Å². The molecule has 0 saturated heterocycles. The fraction of sp³-hybridized carbons (Fsp3) is 0.348. The summed E-state index contributed by atoms with van der Waals surface area (Å²) in [7, 11) is 12.7. The summed E-state index contributed by atoms with van der Waals surface area (Å²) >= 11 is -0.826. The summed E-state index contributed by atoms with van der Waals surface area (Å²) in [6.07, 6.45) is 0. The molecule has 0 fully saturated rings. The summed E-state index contributed by atoms with van der Waals surface area (Å²) < 4.78 is 5.87. The molecular weight excluding hydrogens is 482 g/mol. The van der Waals surface area contributed by atoms with Crippen LogP contribution in [0.25, 0.3) is 21.9 Å². The van der Waals surface area contributed by atoms with E-state index in [9.17, 15) is 0 Å². The molecule has 3 aromatic rings. The van der Waals surface area contributed by atoms with Crippen molar-refractivity contribution in [1.82, 2.24) is 0 Å². The molecule has 0 aromatic heterocycles. The monoisotopic (exact) mass is 509 g/mol. The normalized spacial score (nSPS) is 10.5. The zero-order valence-electron chi connectivity index (χ0n) is 17.8. The second kappa shape index (κ2) is 12.3. The van der Waals surface area contributed by atoms with Crippen LogP contribution in [0.2, 0.25) is 13.1 Å². The van der Waals surface area contributed by atoms with Crippen LogP contribution in [0.1, 0.15) is 31.9 Å². The van der Waals surface area contributed by atoms with E-state index >= 15 is 0 Å². The van der Waals surface area contributed by atoms with E-state index in [1.807, 2.05) is 0 Å². The first-order valence-corrected chi connectivity index (χ1v) is 17.5. The van der Waals surface area contributed by atoms with Crippen LogP contribution in [-0.2, 0) is 26.3 Å². The molecule has 0 atom stereocenters. The molecule has 0 N–H and O–H groups in total. The van der Waals surface area contributed by atoms with Crippen molar-refractivity contribution < 1.29 is 25.6 Å². The Morgan fingerprint density at radius 1 is 1.04 bits per heavy atom. The molecule has 2 radical (unpaired) electrons. The Kier molecular flexibility index (Phi) is 11.2. The molecule has 150 valence electrons. The molecule has 0 saturated carbocycles. The number of ether oxygens (including phenoxy) is 1. The van der Waals surface area contributed by atoms with Crippen LogP contribution in [0, 0.1) is 6.92 Å². The number of hydrogen-bond acceptors (Lipinski definition) is 1. The van der Waals surface area contributed by atoms with E-state index in [1.54, 1.807) is 7.11 Å². The van der Waals surface area contributed by atoms with Gasteiger partial charge in [0.05, 0.1) is 7.11 Å². The van der Waals surface area contributed by atoms with Gasteiger partial charge in [-0.25, -0.2) is 0 Å². The van der Waals surface area contributed by atoms with E-state index in [2.05, 4.69) is 89.3 Å². The third-order valence-electron chi connectivity index (χ3n) is 4.18. The molecule has 0 amide bonds. The van der Waals surface area contributed by atoms with Gasteiger partial charge in [0.25, 0.3) is 0 Å². The van der Waals surface area contributed by atoms with Gasteiger partial charge in [-0.3, -0.25) is 0 Å². The number of benzene rings is 2. The predicted molar refractivity (Wildman–Crippen MR) is 124 cm³/mol. The molecule has 0 aliphatic carbocycles. The summed E-state index contributed by atoms with van der Waals surface area (Å²) in [6, 6.07) is 17.3. The van der Waals surface area contributed by atoms with Gasteiger partial charge in [-0.05, 0) is 22.1 Å². The molecule has 0 aliphatic heterocycles. The number of aryl methyl sites for hydroxylation is 1. The number of hydrogen-bond donors (Lipinski definition) is 0. The molecule has 3 aromatic carbocycles. The van der Waals surface area contributed by atoms with Gasteiger partial charge in [0.1, 0.15) is 5.75 Å². The zero-order valence-corrected chi connectivity index (χ0v) is 22.8.